The van der Waals surface area contributed by atoms with Crippen LogP contribution in [0.3, 0.4) is 0 Å². The summed E-state index contributed by atoms with van der Waals surface area (Å²) in [5.41, 5.74) is 3.15. The van der Waals surface area contributed by atoms with Crippen molar-refractivity contribution in [1.82, 2.24) is 20.1 Å². The molecule has 1 N–H and O–H groups in total. The summed E-state index contributed by atoms with van der Waals surface area (Å²) < 4.78 is 2.90. The summed E-state index contributed by atoms with van der Waals surface area (Å²) in [4.78, 5) is 17.0. The van der Waals surface area contributed by atoms with Gasteiger partial charge in [0.1, 0.15) is 0 Å². The van der Waals surface area contributed by atoms with E-state index in [1.807, 2.05) is 30.3 Å². The second-order valence-corrected chi connectivity index (χ2v) is 8.25. The number of hydrogen-bond acceptors (Lipinski definition) is 3. The second kappa shape index (κ2) is 8.45. The molecule has 0 saturated heterocycles. The number of halogens is 2. The molecule has 2 heterocycles. The van der Waals surface area contributed by atoms with Gasteiger partial charge < -0.3 is 5.32 Å². The van der Waals surface area contributed by atoms with E-state index in [2.05, 4.69) is 30.9 Å². The SMILES string of the molecule is O=C(NCc1cc(-c2ccccn2)n(C2CCCC2)n1)c1cc(Br)ccc1Cl. The summed E-state index contributed by atoms with van der Waals surface area (Å²) in [6.45, 7) is 0.335. The van der Waals surface area contributed by atoms with Gasteiger partial charge in [0, 0.05) is 10.7 Å². The van der Waals surface area contributed by atoms with Gasteiger partial charge in [0.15, 0.2) is 0 Å². The van der Waals surface area contributed by atoms with Crippen molar-refractivity contribution in [2.75, 3.05) is 0 Å². The van der Waals surface area contributed by atoms with Crippen molar-refractivity contribution in [3.63, 3.8) is 0 Å². The molecule has 1 aliphatic rings. The van der Waals surface area contributed by atoms with Crippen LogP contribution in [0.15, 0.2) is 53.1 Å². The van der Waals surface area contributed by atoms with Gasteiger partial charge in [-0.25, -0.2) is 0 Å². The number of rotatable bonds is 5. The average Bonchev–Trinajstić information content (AvgIpc) is 3.38. The first-order valence-corrected chi connectivity index (χ1v) is 10.5. The lowest BCUT2D eigenvalue weighted by molar-refractivity contribution is 0.0950. The molecule has 0 bridgehead atoms. The van der Waals surface area contributed by atoms with E-state index < -0.39 is 0 Å². The predicted octanol–water partition coefficient (Wildman–Crippen LogP) is 5.41. The number of benzene rings is 1. The highest BCUT2D eigenvalue weighted by Gasteiger charge is 2.22. The fourth-order valence-electron chi connectivity index (χ4n) is 3.60. The fraction of sp³-hybridized carbons (Fsp3) is 0.286. The Labute approximate surface area is 177 Å². The van der Waals surface area contributed by atoms with E-state index >= 15 is 0 Å². The van der Waals surface area contributed by atoms with Crippen LogP contribution in [-0.2, 0) is 6.54 Å². The van der Waals surface area contributed by atoms with Gasteiger partial charge in [-0.2, -0.15) is 5.10 Å². The minimum absolute atomic E-state index is 0.221. The van der Waals surface area contributed by atoms with E-state index in [-0.39, 0.29) is 5.91 Å². The van der Waals surface area contributed by atoms with E-state index in [1.165, 1.54) is 12.8 Å². The lowest BCUT2D eigenvalue weighted by atomic mass is 10.2. The van der Waals surface area contributed by atoms with Gasteiger partial charge in [0.25, 0.3) is 5.91 Å². The Hall–Kier alpha value is -2.18. The summed E-state index contributed by atoms with van der Waals surface area (Å²) in [7, 11) is 0. The molecule has 0 unspecified atom stereocenters. The van der Waals surface area contributed by atoms with Gasteiger partial charge in [-0.05, 0) is 49.2 Å². The van der Waals surface area contributed by atoms with Crippen LogP contribution in [0.1, 0.15) is 47.8 Å². The zero-order valence-electron chi connectivity index (χ0n) is 15.2. The van der Waals surface area contributed by atoms with Gasteiger partial charge in [-0.15, -0.1) is 0 Å². The van der Waals surface area contributed by atoms with Crippen molar-refractivity contribution in [2.45, 2.75) is 38.3 Å². The van der Waals surface area contributed by atoms with E-state index in [9.17, 15) is 4.79 Å². The van der Waals surface area contributed by atoms with Crippen molar-refractivity contribution < 1.29 is 4.79 Å². The van der Waals surface area contributed by atoms with Crippen LogP contribution in [0, 0.1) is 0 Å². The van der Waals surface area contributed by atoms with Crippen molar-refractivity contribution >= 4 is 33.4 Å². The van der Waals surface area contributed by atoms with Crippen LogP contribution in [-0.4, -0.2) is 20.7 Å². The maximum Gasteiger partial charge on any atom is 0.253 e. The van der Waals surface area contributed by atoms with Crippen LogP contribution in [0.5, 0.6) is 0 Å². The molecule has 0 aliphatic heterocycles. The number of nitrogens with zero attached hydrogens (tertiary/aromatic N) is 3. The van der Waals surface area contributed by atoms with Gasteiger partial charge in [0.05, 0.1) is 40.3 Å². The van der Waals surface area contributed by atoms with Crippen LogP contribution >= 0.6 is 27.5 Å². The van der Waals surface area contributed by atoms with E-state index in [4.69, 9.17) is 16.7 Å². The molecule has 1 aliphatic carbocycles. The Morgan fingerprint density at radius 3 is 2.79 bits per heavy atom. The molecule has 7 heteroatoms. The first-order valence-electron chi connectivity index (χ1n) is 9.35. The summed E-state index contributed by atoms with van der Waals surface area (Å²) >= 11 is 9.53. The second-order valence-electron chi connectivity index (χ2n) is 6.93. The molecule has 2 aromatic heterocycles. The summed E-state index contributed by atoms with van der Waals surface area (Å²) in [5, 5.41) is 8.14. The Morgan fingerprint density at radius 2 is 2.04 bits per heavy atom. The highest BCUT2D eigenvalue weighted by molar-refractivity contribution is 9.10. The van der Waals surface area contributed by atoms with Crippen molar-refractivity contribution in [3.8, 4) is 11.4 Å². The quantitative estimate of drug-likeness (QED) is 0.555. The first-order chi connectivity index (χ1) is 13.6. The third-order valence-corrected chi connectivity index (χ3v) is 5.81. The third kappa shape index (κ3) is 4.13. The van der Waals surface area contributed by atoms with E-state index in [1.54, 1.807) is 18.3 Å². The molecule has 0 atom stereocenters. The highest BCUT2D eigenvalue weighted by atomic mass is 79.9. The largest absolute Gasteiger partial charge is 0.346 e. The normalized spacial score (nSPS) is 14.4. The first kappa shape index (κ1) is 19.2. The van der Waals surface area contributed by atoms with Crippen molar-refractivity contribution in [2.24, 2.45) is 0 Å². The Balaban J connectivity index is 1.56. The lowest BCUT2D eigenvalue weighted by Crippen LogP contribution is -2.23. The minimum atomic E-state index is -0.221. The predicted molar refractivity (Wildman–Crippen MR) is 113 cm³/mol. The van der Waals surface area contributed by atoms with E-state index in [0.717, 1.165) is 34.4 Å². The van der Waals surface area contributed by atoms with Crippen LogP contribution in [0.2, 0.25) is 5.02 Å². The monoisotopic (exact) mass is 458 g/mol. The Morgan fingerprint density at radius 1 is 1.21 bits per heavy atom. The molecule has 1 amide bonds. The molecule has 3 aromatic rings. The molecule has 144 valence electrons. The molecule has 1 saturated carbocycles. The van der Waals surface area contributed by atoms with Crippen LogP contribution < -0.4 is 5.32 Å². The topological polar surface area (TPSA) is 59.8 Å². The van der Waals surface area contributed by atoms with Crippen LogP contribution in [0.4, 0.5) is 0 Å². The zero-order chi connectivity index (χ0) is 19.5. The summed E-state index contributed by atoms with van der Waals surface area (Å²) in [6, 6.07) is 13.5. The lowest BCUT2D eigenvalue weighted by Gasteiger charge is -2.13. The van der Waals surface area contributed by atoms with E-state index in [0.29, 0.717) is 23.2 Å². The molecule has 0 spiro atoms. The highest BCUT2D eigenvalue weighted by Crippen LogP contribution is 2.33. The number of aromatic nitrogens is 3. The number of carbonyl (C=O) groups excluding carboxylic acids is 1. The van der Waals surface area contributed by atoms with Crippen LogP contribution in [0.25, 0.3) is 11.4 Å². The Bertz CT molecular complexity index is 983. The van der Waals surface area contributed by atoms with Crippen molar-refractivity contribution in [1.29, 1.82) is 0 Å². The smallest absolute Gasteiger partial charge is 0.253 e. The van der Waals surface area contributed by atoms with Crippen molar-refractivity contribution in [3.05, 3.63) is 69.4 Å². The van der Waals surface area contributed by atoms with Gasteiger partial charge >= 0.3 is 0 Å². The number of hydrogen-bond donors (Lipinski definition) is 1. The zero-order valence-corrected chi connectivity index (χ0v) is 17.6. The molecule has 1 fully saturated rings. The summed E-state index contributed by atoms with van der Waals surface area (Å²) in [5.74, 6) is -0.221. The molecule has 4 rings (SSSR count). The number of amides is 1. The standard InChI is InChI=1S/C21H20BrClN4O/c22-14-8-9-18(23)17(11-14)21(28)25-13-15-12-20(19-7-3-4-10-24-19)27(26-15)16-5-1-2-6-16/h3-4,7-12,16H,1-2,5-6,13H2,(H,25,28). The molecule has 5 nitrogen and oxygen atoms in total. The minimum Gasteiger partial charge on any atom is -0.346 e. The number of nitrogens with one attached hydrogen (secondary N) is 1. The summed E-state index contributed by atoms with van der Waals surface area (Å²) in [6.07, 6.45) is 6.49. The number of pyridine rings is 1. The maximum atomic E-state index is 12.5. The third-order valence-electron chi connectivity index (χ3n) is 4.99. The van der Waals surface area contributed by atoms with Gasteiger partial charge in [-0.3, -0.25) is 14.5 Å². The fourth-order valence-corrected chi connectivity index (χ4v) is 4.17. The average molecular weight is 460 g/mol. The van der Waals surface area contributed by atoms with Gasteiger partial charge in [-0.1, -0.05) is 46.4 Å². The molecule has 0 radical (unpaired) electrons. The molecular formula is C21H20BrClN4O. The maximum absolute atomic E-state index is 12.5. The van der Waals surface area contributed by atoms with Gasteiger partial charge in [0.2, 0.25) is 0 Å². The Kier molecular flexibility index (Phi) is 5.78. The number of carbonyl (C=O) groups is 1. The molecular weight excluding hydrogens is 440 g/mol. The molecule has 28 heavy (non-hydrogen) atoms. The molecule has 1 aromatic carbocycles.